The number of likely N-dealkylation sites (tertiary alicyclic amines) is 1. The summed E-state index contributed by atoms with van der Waals surface area (Å²) in [7, 11) is 1.56. The molecule has 1 aliphatic heterocycles. The molecule has 1 amide bonds. The molecule has 3 aromatic rings. The van der Waals surface area contributed by atoms with Gasteiger partial charge in [0.25, 0.3) is 11.7 Å². The van der Waals surface area contributed by atoms with Gasteiger partial charge in [-0.15, -0.1) is 0 Å². The Kier molecular flexibility index (Phi) is 6.08. The Balaban J connectivity index is 1.84. The molecule has 0 radical (unpaired) electrons. The average molecular weight is 525 g/mol. The summed E-state index contributed by atoms with van der Waals surface area (Å²) in [5.74, 6) is -0.870. The number of carbonyl (C=O) groups excluding carboxylic acids is 2. The van der Waals surface area contributed by atoms with Crippen LogP contribution in [0, 0.1) is 3.57 Å². The third-order valence-corrected chi connectivity index (χ3v) is 6.00. The van der Waals surface area contributed by atoms with Gasteiger partial charge in [0.05, 0.1) is 18.7 Å². The van der Waals surface area contributed by atoms with Crippen LogP contribution in [0.1, 0.15) is 22.7 Å². The van der Waals surface area contributed by atoms with E-state index in [1.807, 2.05) is 54.6 Å². The minimum Gasteiger partial charge on any atom is -0.507 e. The van der Waals surface area contributed by atoms with Crippen LogP contribution in [0.25, 0.3) is 5.76 Å². The number of aliphatic hydroxyl groups is 1. The largest absolute Gasteiger partial charge is 0.507 e. The van der Waals surface area contributed by atoms with E-state index in [9.17, 15) is 14.7 Å². The topological polar surface area (TPSA) is 66.8 Å². The van der Waals surface area contributed by atoms with Crippen molar-refractivity contribution in [3.8, 4) is 5.75 Å². The Morgan fingerprint density at radius 3 is 2.23 bits per heavy atom. The second-order valence-electron chi connectivity index (χ2n) is 7.19. The summed E-state index contributed by atoms with van der Waals surface area (Å²) in [5.41, 5.74) is 2.22. The lowest BCUT2D eigenvalue weighted by atomic mass is 9.95. The van der Waals surface area contributed by atoms with Crippen molar-refractivity contribution >= 4 is 40.0 Å². The monoisotopic (exact) mass is 525 g/mol. The first-order chi connectivity index (χ1) is 15.0. The van der Waals surface area contributed by atoms with E-state index in [0.717, 1.165) is 14.7 Å². The van der Waals surface area contributed by atoms with Crippen molar-refractivity contribution in [1.29, 1.82) is 0 Å². The van der Waals surface area contributed by atoms with E-state index in [0.29, 0.717) is 11.3 Å². The van der Waals surface area contributed by atoms with Crippen LogP contribution in [0.15, 0.2) is 84.4 Å². The first-order valence-corrected chi connectivity index (χ1v) is 10.8. The van der Waals surface area contributed by atoms with Gasteiger partial charge < -0.3 is 14.7 Å². The lowest BCUT2D eigenvalue weighted by Crippen LogP contribution is -2.29. The number of rotatable bonds is 5. The van der Waals surface area contributed by atoms with Crippen molar-refractivity contribution in [1.82, 2.24) is 4.90 Å². The molecule has 1 unspecified atom stereocenters. The van der Waals surface area contributed by atoms with Gasteiger partial charge in [0.1, 0.15) is 11.5 Å². The number of benzene rings is 3. The summed E-state index contributed by atoms with van der Waals surface area (Å²) in [6.07, 6.45) is 0. The lowest BCUT2D eigenvalue weighted by Gasteiger charge is -2.25. The minimum atomic E-state index is -0.687. The molecule has 0 bridgehead atoms. The molecule has 1 saturated heterocycles. The molecule has 3 aromatic carbocycles. The number of nitrogens with zero attached hydrogens (tertiary/aromatic N) is 1. The van der Waals surface area contributed by atoms with Crippen molar-refractivity contribution in [2.45, 2.75) is 12.6 Å². The quantitative estimate of drug-likeness (QED) is 0.222. The van der Waals surface area contributed by atoms with Crippen molar-refractivity contribution in [3.05, 3.63) is 105 Å². The van der Waals surface area contributed by atoms with Crippen LogP contribution in [0.5, 0.6) is 5.75 Å². The maximum absolute atomic E-state index is 13.1. The van der Waals surface area contributed by atoms with Gasteiger partial charge in [0.2, 0.25) is 0 Å². The van der Waals surface area contributed by atoms with E-state index in [-0.39, 0.29) is 17.9 Å². The van der Waals surface area contributed by atoms with Gasteiger partial charge in [-0.05, 0) is 70.1 Å². The molecule has 0 aromatic heterocycles. The Morgan fingerprint density at radius 1 is 0.968 bits per heavy atom. The standard InChI is InChI=1S/C25H20INO4/c1-31-20-13-9-18(10-14-20)23(28)21-22(17-7-11-19(26)12-8-17)27(25(30)24(21)29)15-16-5-3-2-4-6-16/h2-14,22,28H,15H2,1H3. The number of methoxy groups -OCH3 is 1. The van der Waals surface area contributed by atoms with Crippen LogP contribution in [-0.4, -0.2) is 28.8 Å². The molecule has 1 N–H and O–H groups in total. The maximum atomic E-state index is 13.1. The minimum absolute atomic E-state index is 0.0901. The molecule has 0 spiro atoms. The van der Waals surface area contributed by atoms with E-state index < -0.39 is 17.7 Å². The fourth-order valence-electron chi connectivity index (χ4n) is 3.72. The number of halogens is 1. The number of amides is 1. The van der Waals surface area contributed by atoms with Crippen molar-refractivity contribution in [3.63, 3.8) is 0 Å². The first kappa shape index (κ1) is 21.1. The Morgan fingerprint density at radius 2 is 1.61 bits per heavy atom. The molecule has 4 rings (SSSR count). The molecule has 1 fully saturated rings. The SMILES string of the molecule is COc1ccc(C(O)=C2C(=O)C(=O)N(Cc3ccccc3)C2c2ccc(I)cc2)cc1. The molecular formula is C25H20INO4. The number of carbonyl (C=O) groups is 2. The number of ether oxygens (including phenoxy) is 1. The fourth-order valence-corrected chi connectivity index (χ4v) is 4.08. The van der Waals surface area contributed by atoms with Gasteiger partial charge in [-0.25, -0.2) is 0 Å². The molecule has 31 heavy (non-hydrogen) atoms. The second kappa shape index (κ2) is 8.93. The third-order valence-electron chi connectivity index (χ3n) is 5.28. The van der Waals surface area contributed by atoms with Crippen molar-refractivity contribution in [2.75, 3.05) is 7.11 Å². The molecule has 156 valence electrons. The van der Waals surface area contributed by atoms with Crippen LogP contribution in [0.2, 0.25) is 0 Å². The number of hydrogen-bond acceptors (Lipinski definition) is 4. The zero-order chi connectivity index (χ0) is 22.0. The summed E-state index contributed by atoms with van der Waals surface area (Å²) in [5, 5.41) is 11.1. The molecule has 1 heterocycles. The Bertz CT molecular complexity index is 1140. The van der Waals surface area contributed by atoms with Gasteiger partial charge in [0.15, 0.2) is 0 Å². The van der Waals surface area contributed by atoms with Gasteiger partial charge >= 0.3 is 0 Å². The third kappa shape index (κ3) is 4.20. The van der Waals surface area contributed by atoms with E-state index in [1.165, 1.54) is 4.90 Å². The summed E-state index contributed by atoms with van der Waals surface area (Å²) in [4.78, 5) is 27.6. The Labute approximate surface area is 194 Å². The van der Waals surface area contributed by atoms with Crippen LogP contribution in [-0.2, 0) is 16.1 Å². The van der Waals surface area contributed by atoms with Gasteiger partial charge in [-0.1, -0.05) is 42.5 Å². The number of Topliss-reactive ketones (excluding diaryl/α,β-unsaturated/α-hetero) is 1. The summed E-state index contributed by atoms with van der Waals surface area (Å²) in [6.45, 7) is 0.265. The van der Waals surface area contributed by atoms with Crippen LogP contribution < -0.4 is 4.74 Å². The highest BCUT2D eigenvalue weighted by molar-refractivity contribution is 14.1. The van der Waals surface area contributed by atoms with Crippen molar-refractivity contribution in [2.24, 2.45) is 0 Å². The van der Waals surface area contributed by atoms with E-state index in [2.05, 4.69) is 22.6 Å². The zero-order valence-corrected chi connectivity index (χ0v) is 18.9. The van der Waals surface area contributed by atoms with E-state index in [1.54, 1.807) is 31.4 Å². The molecule has 0 saturated carbocycles. The summed E-state index contributed by atoms with van der Waals surface area (Å²) < 4.78 is 6.21. The van der Waals surface area contributed by atoms with E-state index in [4.69, 9.17) is 4.74 Å². The number of hydrogen-bond donors (Lipinski definition) is 1. The maximum Gasteiger partial charge on any atom is 0.295 e. The molecule has 6 heteroatoms. The normalized spacial score (nSPS) is 17.7. The molecular weight excluding hydrogens is 505 g/mol. The molecule has 5 nitrogen and oxygen atoms in total. The Hall–Kier alpha value is -3.13. The zero-order valence-electron chi connectivity index (χ0n) is 16.8. The van der Waals surface area contributed by atoms with Gasteiger partial charge in [0, 0.05) is 15.7 Å². The highest BCUT2D eigenvalue weighted by atomic mass is 127. The lowest BCUT2D eigenvalue weighted by molar-refractivity contribution is -0.140. The molecule has 1 aliphatic rings. The van der Waals surface area contributed by atoms with E-state index >= 15 is 0 Å². The number of aliphatic hydroxyl groups excluding tert-OH is 1. The molecule has 1 atom stereocenters. The smallest absolute Gasteiger partial charge is 0.295 e. The highest BCUT2D eigenvalue weighted by Crippen LogP contribution is 2.40. The van der Waals surface area contributed by atoms with Gasteiger partial charge in [-0.3, -0.25) is 9.59 Å². The fraction of sp³-hybridized carbons (Fsp3) is 0.120. The van der Waals surface area contributed by atoms with Crippen molar-refractivity contribution < 1.29 is 19.4 Å². The van der Waals surface area contributed by atoms with Gasteiger partial charge in [-0.2, -0.15) is 0 Å². The second-order valence-corrected chi connectivity index (χ2v) is 8.44. The van der Waals surface area contributed by atoms with Crippen LogP contribution in [0.3, 0.4) is 0 Å². The number of ketones is 1. The first-order valence-electron chi connectivity index (χ1n) is 9.72. The average Bonchev–Trinajstić information content (AvgIpc) is 3.05. The summed E-state index contributed by atoms with van der Waals surface area (Å²) >= 11 is 2.21. The predicted molar refractivity (Wildman–Crippen MR) is 126 cm³/mol. The van der Waals surface area contributed by atoms with Crippen LogP contribution in [0.4, 0.5) is 0 Å². The van der Waals surface area contributed by atoms with Crippen LogP contribution >= 0.6 is 22.6 Å². The molecule has 0 aliphatic carbocycles. The highest BCUT2D eigenvalue weighted by Gasteiger charge is 2.46. The predicted octanol–water partition coefficient (Wildman–Crippen LogP) is 4.92. The summed E-state index contributed by atoms with van der Waals surface area (Å²) in [6, 6.07) is 23.2.